The molecule has 0 saturated heterocycles. The highest BCUT2D eigenvalue weighted by atomic mass is 35.5. The number of halogens is 2. The fourth-order valence-electron chi connectivity index (χ4n) is 2.18. The molecule has 0 saturated carbocycles. The monoisotopic (exact) mass is 330 g/mol. The Morgan fingerprint density at radius 3 is 2.26 bits per heavy atom. The van der Waals surface area contributed by atoms with Crippen LogP contribution in [-0.4, -0.2) is 18.4 Å². The molecule has 2 atom stereocenters. The minimum Gasteiger partial charge on any atom is -0.371 e. The molecule has 1 N–H and O–H groups in total. The van der Waals surface area contributed by atoms with Gasteiger partial charge in [0.25, 0.3) is 0 Å². The van der Waals surface area contributed by atoms with Crippen LogP contribution in [0.3, 0.4) is 0 Å². The first-order valence-corrected chi connectivity index (χ1v) is 8.46. The Hall–Kier alpha value is -0.550. The van der Waals surface area contributed by atoms with Crippen LogP contribution in [0.5, 0.6) is 0 Å². The van der Waals surface area contributed by atoms with Gasteiger partial charge in [0, 0.05) is 33.4 Å². The molecule has 3 rings (SSSR count). The third-order valence-corrected chi connectivity index (χ3v) is 5.71. The van der Waals surface area contributed by atoms with Crippen LogP contribution < -0.4 is 5.32 Å². The molecule has 1 aliphatic heterocycles. The van der Waals surface area contributed by atoms with Gasteiger partial charge in [-0.2, -0.15) is 0 Å². The molecule has 0 spiro atoms. The van der Waals surface area contributed by atoms with E-state index in [9.17, 15) is 0 Å². The molecule has 100 valence electrons. The Morgan fingerprint density at radius 1 is 1.05 bits per heavy atom. The fraction of sp³-hybridized carbons (Fsp3) is 0.308. The Kier molecular flexibility index (Phi) is 4.12. The summed E-state index contributed by atoms with van der Waals surface area (Å²) in [5.74, 6) is 0. The van der Waals surface area contributed by atoms with Crippen LogP contribution in [0.2, 0.25) is 10.0 Å². The third kappa shape index (κ3) is 3.31. The third-order valence-electron chi connectivity index (χ3n) is 3.09. The summed E-state index contributed by atoms with van der Waals surface area (Å²) in [4.78, 5) is 7.10. The molecule has 3 heterocycles. The Morgan fingerprint density at radius 2 is 1.68 bits per heavy atom. The summed E-state index contributed by atoms with van der Waals surface area (Å²) in [7, 11) is 0. The molecule has 2 aromatic rings. The van der Waals surface area contributed by atoms with E-state index < -0.39 is 0 Å². The average Bonchev–Trinajstić information content (AvgIpc) is 3.06. The van der Waals surface area contributed by atoms with Gasteiger partial charge in [0.15, 0.2) is 0 Å². The van der Waals surface area contributed by atoms with Gasteiger partial charge >= 0.3 is 0 Å². The summed E-state index contributed by atoms with van der Waals surface area (Å²) < 4.78 is 0. The molecule has 2 nitrogen and oxygen atoms in total. The van der Waals surface area contributed by atoms with Gasteiger partial charge in [0.2, 0.25) is 0 Å². The quantitative estimate of drug-likeness (QED) is 0.889. The van der Waals surface area contributed by atoms with Crippen molar-refractivity contribution in [3.8, 4) is 0 Å². The lowest BCUT2D eigenvalue weighted by atomic mass is 10.0. The molecule has 2 aromatic heterocycles. The number of rotatable bonds is 4. The first-order valence-electron chi connectivity index (χ1n) is 5.94. The van der Waals surface area contributed by atoms with Crippen LogP contribution in [0.25, 0.3) is 0 Å². The smallest absolute Gasteiger partial charge is 0.0831 e. The van der Waals surface area contributed by atoms with Crippen molar-refractivity contribution in [1.29, 1.82) is 0 Å². The van der Waals surface area contributed by atoms with Crippen molar-refractivity contribution in [2.75, 3.05) is 0 Å². The van der Waals surface area contributed by atoms with E-state index in [-0.39, 0.29) is 6.04 Å². The average molecular weight is 331 g/mol. The van der Waals surface area contributed by atoms with Crippen molar-refractivity contribution in [2.45, 2.75) is 24.9 Å². The normalized spacial score (nSPS) is 21.8. The van der Waals surface area contributed by atoms with E-state index >= 15 is 0 Å². The van der Waals surface area contributed by atoms with Gasteiger partial charge in [-0.1, -0.05) is 23.2 Å². The number of hydrogen-bond donors (Lipinski definition) is 1. The molecular weight excluding hydrogens is 319 g/mol. The van der Waals surface area contributed by atoms with Crippen molar-refractivity contribution in [3.05, 3.63) is 42.7 Å². The molecule has 0 amide bonds. The van der Waals surface area contributed by atoms with E-state index in [2.05, 4.69) is 10.3 Å². The van der Waals surface area contributed by atoms with Crippen LogP contribution in [0, 0.1) is 0 Å². The van der Waals surface area contributed by atoms with Crippen LogP contribution in [0.4, 0.5) is 0 Å². The largest absolute Gasteiger partial charge is 0.371 e. The van der Waals surface area contributed by atoms with Crippen molar-refractivity contribution < 1.29 is 0 Å². The lowest BCUT2D eigenvalue weighted by Gasteiger charge is -2.17. The number of nitrogens with zero attached hydrogens (tertiary/aromatic N) is 1. The number of thiophene rings is 2. The lowest BCUT2D eigenvalue weighted by molar-refractivity contribution is 0.524. The second-order valence-corrected chi connectivity index (χ2v) is 7.35. The predicted octanol–water partition coefficient (Wildman–Crippen LogP) is 4.27. The van der Waals surface area contributed by atoms with Gasteiger partial charge in [-0.05, 0) is 12.1 Å². The van der Waals surface area contributed by atoms with Crippen LogP contribution in [-0.2, 0) is 12.8 Å². The maximum absolute atomic E-state index is 5.96. The summed E-state index contributed by atoms with van der Waals surface area (Å²) in [6.07, 6.45) is 3.71. The van der Waals surface area contributed by atoms with Crippen LogP contribution in [0.15, 0.2) is 27.9 Å². The standard InChI is InChI=1S/C13H12Cl2N2S2/c14-8-1-10(18-5-8)3-12-13(17-7-16-12)4-11-2-9(15)6-19-11/h1-2,5-7,12-13H,3-4H2,(H,16,17). The first-order chi connectivity index (χ1) is 9.20. The molecule has 0 bridgehead atoms. The van der Waals surface area contributed by atoms with Gasteiger partial charge in [-0.25, -0.2) is 0 Å². The predicted molar refractivity (Wildman–Crippen MR) is 85.3 cm³/mol. The second-order valence-electron chi connectivity index (χ2n) is 4.49. The molecule has 0 aliphatic carbocycles. The van der Waals surface area contributed by atoms with E-state index in [4.69, 9.17) is 23.2 Å². The SMILES string of the molecule is Clc1csc(CC2N=CNC2Cc2cc(Cl)cs2)c1. The van der Waals surface area contributed by atoms with E-state index in [0.29, 0.717) is 6.04 Å². The van der Waals surface area contributed by atoms with E-state index in [1.54, 1.807) is 22.7 Å². The minimum absolute atomic E-state index is 0.274. The van der Waals surface area contributed by atoms with Crippen LogP contribution >= 0.6 is 45.9 Å². The van der Waals surface area contributed by atoms with Crippen molar-refractivity contribution in [2.24, 2.45) is 4.99 Å². The van der Waals surface area contributed by atoms with E-state index in [1.807, 2.05) is 29.2 Å². The highest BCUT2D eigenvalue weighted by Gasteiger charge is 2.25. The topological polar surface area (TPSA) is 24.4 Å². The first kappa shape index (κ1) is 13.4. The summed E-state index contributed by atoms with van der Waals surface area (Å²) in [5.41, 5.74) is 0. The van der Waals surface area contributed by atoms with Gasteiger partial charge in [-0.15, -0.1) is 22.7 Å². The Bertz CT molecular complexity index is 591. The molecular formula is C13H12Cl2N2S2. The van der Waals surface area contributed by atoms with E-state index in [0.717, 1.165) is 22.9 Å². The van der Waals surface area contributed by atoms with Gasteiger partial charge in [-0.3, -0.25) is 4.99 Å². The Balaban J connectivity index is 1.65. The Labute approximate surface area is 130 Å². The molecule has 6 heteroatoms. The summed E-state index contributed by atoms with van der Waals surface area (Å²) in [6, 6.07) is 4.68. The summed E-state index contributed by atoms with van der Waals surface area (Å²) >= 11 is 15.3. The van der Waals surface area contributed by atoms with Gasteiger partial charge < -0.3 is 5.32 Å². The lowest BCUT2D eigenvalue weighted by Crippen LogP contribution is -2.34. The van der Waals surface area contributed by atoms with Crippen molar-refractivity contribution >= 4 is 52.2 Å². The zero-order valence-electron chi connectivity index (χ0n) is 9.98. The van der Waals surface area contributed by atoms with Crippen molar-refractivity contribution in [1.82, 2.24) is 5.32 Å². The molecule has 19 heavy (non-hydrogen) atoms. The molecule has 1 aliphatic rings. The number of hydrogen-bond acceptors (Lipinski definition) is 4. The highest BCUT2D eigenvalue weighted by molar-refractivity contribution is 7.10. The molecule has 2 unspecified atom stereocenters. The highest BCUT2D eigenvalue weighted by Crippen LogP contribution is 2.25. The minimum atomic E-state index is 0.274. The van der Waals surface area contributed by atoms with Gasteiger partial charge in [0.05, 0.1) is 28.5 Å². The van der Waals surface area contributed by atoms with Gasteiger partial charge in [0.1, 0.15) is 0 Å². The molecule has 0 fully saturated rings. The van der Waals surface area contributed by atoms with Crippen LogP contribution in [0.1, 0.15) is 9.75 Å². The zero-order chi connectivity index (χ0) is 13.2. The molecule has 0 radical (unpaired) electrons. The maximum atomic E-state index is 5.96. The molecule has 0 aromatic carbocycles. The van der Waals surface area contributed by atoms with E-state index in [1.165, 1.54) is 9.75 Å². The zero-order valence-corrected chi connectivity index (χ0v) is 13.1. The fourth-order valence-corrected chi connectivity index (χ4v) is 4.44. The second kappa shape index (κ2) is 5.83. The maximum Gasteiger partial charge on any atom is 0.0831 e. The number of aliphatic imine (C=N–C) groups is 1. The summed E-state index contributed by atoms with van der Waals surface area (Å²) in [5, 5.41) is 8.91. The van der Waals surface area contributed by atoms with Crippen molar-refractivity contribution in [3.63, 3.8) is 0 Å². The summed E-state index contributed by atoms with van der Waals surface area (Å²) in [6.45, 7) is 0. The number of nitrogens with one attached hydrogen (secondary N) is 1.